The first kappa shape index (κ1) is 15.1. The minimum Gasteiger partial charge on any atom is -0.384 e. The van der Waals surface area contributed by atoms with E-state index in [0.717, 1.165) is 26.3 Å². The quantitative estimate of drug-likeness (QED) is 0.882. The van der Waals surface area contributed by atoms with Crippen molar-refractivity contribution in [1.82, 2.24) is 9.80 Å². The van der Waals surface area contributed by atoms with Crippen molar-refractivity contribution in [3.8, 4) is 0 Å². The molecule has 3 nitrogen and oxygen atoms in total. The first-order valence-corrected chi connectivity index (χ1v) is 8.18. The van der Waals surface area contributed by atoms with Crippen LogP contribution in [0.15, 0.2) is 60.7 Å². The average Bonchev–Trinajstić information content (AvgIpc) is 2.57. The molecule has 0 spiro atoms. The molecule has 0 bridgehead atoms. The van der Waals surface area contributed by atoms with E-state index in [2.05, 4.69) is 75.8 Å². The number of para-hydroxylation sites is 1. The zero-order valence-electron chi connectivity index (χ0n) is 13.1. The van der Waals surface area contributed by atoms with Crippen molar-refractivity contribution in [2.75, 3.05) is 38.2 Å². The summed E-state index contributed by atoms with van der Waals surface area (Å²) in [5, 5.41) is 3.50. The van der Waals surface area contributed by atoms with Crippen molar-refractivity contribution >= 4 is 5.69 Å². The van der Waals surface area contributed by atoms with Crippen LogP contribution in [0, 0.1) is 0 Å². The van der Waals surface area contributed by atoms with E-state index in [9.17, 15) is 0 Å². The maximum Gasteiger partial charge on any atom is 0.0510 e. The first-order valence-electron chi connectivity index (χ1n) is 8.18. The summed E-state index contributed by atoms with van der Waals surface area (Å²) in [6.07, 6.45) is 1.26. The van der Waals surface area contributed by atoms with E-state index in [1.165, 1.54) is 30.8 Å². The van der Waals surface area contributed by atoms with Crippen LogP contribution < -0.4 is 5.32 Å². The lowest BCUT2D eigenvalue weighted by atomic mass is 10.2. The van der Waals surface area contributed by atoms with Crippen LogP contribution in [0.25, 0.3) is 0 Å². The smallest absolute Gasteiger partial charge is 0.0510 e. The van der Waals surface area contributed by atoms with E-state index in [1.807, 2.05) is 0 Å². The van der Waals surface area contributed by atoms with E-state index in [4.69, 9.17) is 0 Å². The predicted molar refractivity (Wildman–Crippen MR) is 92.8 cm³/mol. The Morgan fingerprint density at radius 3 is 2.27 bits per heavy atom. The highest BCUT2D eigenvalue weighted by Gasteiger charge is 2.16. The van der Waals surface area contributed by atoms with Crippen molar-refractivity contribution in [2.24, 2.45) is 0 Å². The van der Waals surface area contributed by atoms with Crippen molar-refractivity contribution in [3.05, 3.63) is 66.2 Å². The van der Waals surface area contributed by atoms with Crippen LogP contribution >= 0.6 is 0 Å². The molecule has 22 heavy (non-hydrogen) atoms. The van der Waals surface area contributed by atoms with Gasteiger partial charge < -0.3 is 5.32 Å². The molecule has 3 rings (SSSR count). The SMILES string of the molecule is c1ccc(CN2CCCN(CCNc3ccccc3)C2)cc1. The van der Waals surface area contributed by atoms with Crippen LogP contribution in [-0.4, -0.2) is 42.6 Å². The summed E-state index contributed by atoms with van der Waals surface area (Å²) in [6, 6.07) is 21.2. The maximum atomic E-state index is 3.50. The van der Waals surface area contributed by atoms with Gasteiger partial charge in [-0.25, -0.2) is 0 Å². The molecular formula is C19H25N3. The molecule has 1 heterocycles. The van der Waals surface area contributed by atoms with Gasteiger partial charge in [0, 0.05) is 38.4 Å². The van der Waals surface area contributed by atoms with Crippen LogP contribution in [0.5, 0.6) is 0 Å². The summed E-state index contributed by atoms with van der Waals surface area (Å²) in [4.78, 5) is 5.09. The Morgan fingerprint density at radius 1 is 0.818 bits per heavy atom. The Kier molecular flexibility index (Phi) is 5.46. The Balaban J connectivity index is 1.42. The molecule has 0 unspecified atom stereocenters. The third-order valence-electron chi connectivity index (χ3n) is 4.13. The molecule has 1 fully saturated rings. The summed E-state index contributed by atoms with van der Waals surface area (Å²) in [5.74, 6) is 0. The summed E-state index contributed by atoms with van der Waals surface area (Å²) in [5.41, 5.74) is 2.62. The van der Waals surface area contributed by atoms with Crippen LogP contribution in [0.1, 0.15) is 12.0 Å². The van der Waals surface area contributed by atoms with Gasteiger partial charge in [-0.05, 0) is 24.1 Å². The zero-order valence-corrected chi connectivity index (χ0v) is 13.1. The van der Waals surface area contributed by atoms with E-state index >= 15 is 0 Å². The Bertz CT molecular complexity index is 541. The molecule has 0 aromatic heterocycles. The summed E-state index contributed by atoms with van der Waals surface area (Å²) >= 11 is 0. The van der Waals surface area contributed by atoms with Crippen LogP contribution in [0.3, 0.4) is 0 Å². The van der Waals surface area contributed by atoms with Crippen LogP contribution in [-0.2, 0) is 6.54 Å². The fourth-order valence-electron chi connectivity index (χ4n) is 3.01. The largest absolute Gasteiger partial charge is 0.384 e. The van der Waals surface area contributed by atoms with Gasteiger partial charge in [-0.1, -0.05) is 48.5 Å². The number of hydrogen-bond acceptors (Lipinski definition) is 3. The lowest BCUT2D eigenvalue weighted by molar-refractivity contribution is 0.0835. The van der Waals surface area contributed by atoms with Crippen molar-refractivity contribution < 1.29 is 0 Å². The van der Waals surface area contributed by atoms with E-state index in [-0.39, 0.29) is 0 Å². The predicted octanol–water partition coefficient (Wildman–Crippen LogP) is 3.26. The van der Waals surface area contributed by atoms with E-state index in [0.29, 0.717) is 0 Å². The van der Waals surface area contributed by atoms with Crippen molar-refractivity contribution in [2.45, 2.75) is 13.0 Å². The maximum absolute atomic E-state index is 3.50. The second-order valence-corrected chi connectivity index (χ2v) is 5.94. The monoisotopic (exact) mass is 295 g/mol. The summed E-state index contributed by atoms with van der Waals surface area (Å²) in [6.45, 7) is 6.65. The molecule has 0 amide bonds. The molecule has 0 radical (unpaired) electrons. The van der Waals surface area contributed by atoms with Crippen molar-refractivity contribution in [3.63, 3.8) is 0 Å². The number of nitrogens with zero attached hydrogens (tertiary/aromatic N) is 2. The molecule has 0 aliphatic carbocycles. The Labute approximate surface area is 133 Å². The van der Waals surface area contributed by atoms with Crippen molar-refractivity contribution in [1.29, 1.82) is 0 Å². The molecule has 3 heteroatoms. The summed E-state index contributed by atoms with van der Waals surface area (Å²) in [7, 11) is 0. The molecule has 116 valence electrons. The molecule has 1 N–H and O–H groups in total. The molecular weight excluding hydrogens is 270 g/mol. The standard InChI is InChI=1S/C19H25N3/c1-3-8-18(9-4-1)16-22-14-7-13-21(17-22)15-12-20-19-10-5-2-6-11-19/h1-6,8-11,20H,7,12-17H2. The van der Waals surface area contributed by atoms with Gasteiger partial charge in [-0.15, -0.1) is 0 Å². The number of benzene rings is 2. The molecule has 2 aromatic carbocycles. The van der Waals surface area contributed by atoms with E-state index in [1.54, 1.807) is 0 Å². The highest BCUT2D eigenvalue weighted by atomic mass is 15.3. The number of hydrogen-bond donors (Lipinski definition) is 1. The molecule has 1 aliphatic heterocycles. The molecule has 1 saturated heterocycles. The topological polar surface area (TPSA) is 18.5 Å². The average molecular weight is 295 g/mol. The Morgan fingerprint density at radius 2 is 1.50 bits per heavy atom. The molecule has 0 saturated carbocycles. The fraction of sp³-hybridized carbons (Fsp3) is 0.368. The second-order valence-electron chi connectivity index (χ2n) is 5.94. The van der Waals surface area contributed by atoms with Gasteiger partial charge in [0.05, 0.1) is 6.67 Å². The molecule has 2 aromatic rings. The Hall–Kier alpha value is -1.84. The highest BCUT2D eigenvalue weighted by Crippen LogP contribution is 2.11. The van der Waals surface area contributed by atoms with Gasteiger partial charge in [0.2, 0.25) is 0 Å². The third kappa shape index (κ3) is 4.58. The third-order valence-corrected chi connectivity index (χ3v) is 4.13. The number of anilines is 1. The lowest BCUT2D eigenvalue weighted by Crippen LogP contribution is -2.45. The highest BCUT2D eigenvalue weighted by molar-refractivity contribution is 5.42. The van der Waals surface area contributed by atoms with Gasteiger partial charge >= 0.3 is 0 Å². The molecule has 0 atom stereocenters. The van der Waals surface area contributed by atoms with Gasteiger partial charge in [0.15, 0.2) is 0 Å². The van der Waals surface area contributed by atoms with E-state index < -0.39 is 0 Å². The molecule has 1 aliphatic rings. The van der Waals surface area contributed by atoms with Gasteiger partial charge in [-0.3, -0.25) is 9.80 Å². The zero-order chi connectivity index (χ0) is 15.0. The number of rotatable bonds is 6. The van der Waals surface area contributed by atoms with Gasteiger partial charge in [0.1, 0.15) is 0 Å². The first-order chi connectivity index (χ1) is 10.9. The second kappa shape index (κ2) is 7.97. The van der Waals surface area contributed by atoms with Gasteiger partial charge in [0.25, 0.3) is 0 Å². The minimum atomic E-state index is 1.00. The number of nitrogens with one attached hydrogen (secondary N) is 1. The van der Waals surface area contributed by atoms with Gasteiger partial charge in [-0.2, -0.15) is 0 Å². The van der Waals surface area contributed by atoms with Crippen LogP contribution in [0.4, 0.5) is 5.69 Å². The summed E-state index contributed by atoms with van der Waals surface area (Å²) < 4.78 is 0. The normalized spacial score (nSPS) is 16.5. The lowest BCUT2D eigenvalue weighted by Gasteiger charge is -2.35. The fourth-order valence-corrected chi connectivity index (χ4v) is 3.01. The minimum absolute atomic E-state index is 1.00. The van der Waals surface area contributed by atoms with Crippen LogP contribution in [0.2, 0.25) is 0 Å².